The van der Waals surface area contributed by atoms with Gasteiger partial charge >= 0.3 is 0 Å². The molecule has 0 aromatic heterocycles. The fourth-order valence-corrected chi connectivity index (χ4v) is 3.63. The molecule has 18 heavy (non-hydrogen) atoms. The Balaban J connectivity index is 3.87. The first-order valence-corrected chi connectivity index (χ1v) is 7.82. The van der Waals surface area contributed by atoms with E-state index in [1.807, 2.05) is 0 Å². The highest BCUT2D eigenvalue weighted by Gasteiger charge is 2.20. The topological polar surface area (TPSA) is 113 Å². The second-order valence-corrected chi connectivity index (χ2v) is 6.56. The van der Waals surface area contributed by atoms with Gasteiger partial charge < -0.3 is 10.3 Å². The van der Waals surface area contributed by atoms with E-state index in [9.17, 15) is 17.2 Å². The molecule has 0 amide bonds. The average Bonchev–Trinajstić information content (AvgIpc) is 2.25. The van der Waals surface area contributed by atoms with Crippen LogP contribution in [0.15, 0.2) is 26.9 Å². The van der Waals surface area contributed by atoms with Crippen molar-refractivity contribution in [2.75, 3.05) is 13.3 Å². The lowest BCUT2D eigenvalue weighted by Gasteiger charge is -2.17. The Labute approximate surface area is 108 Å². The van der Waals surface area contributed by atoms with Gasteiger partial charge in [-0.3, -0.25) is 9.20 Å². The van der Waals surface area contributed by atoms with Gasteiger partial charge in [-0.25, -0.2) is 8.42 Å². The zero-order chi connectivity index (χ0) is 14.1. The number of aryl methyl sites for hydroxylation is 1. The van der Waals surface area contributed by atoms with Crippen LogP contribution in [0.5, 0.6) is 0 Å². The molecule has 8 heteroatoms. The summed E-state index contributed by atoms with van der Waals surface area (Å²) in [4.78, 5) is 3.10. The summed E-state index contributed by atoms with van der Waals surface area (Å²) in [6.07, 6.45) is 0.942. The van der Waals surface area contributed by atoms with Gasteiger partial charge in [0.2, 0.25) is 0 Å². The van der Waals surface area contributed by atoms with E-state index in [0.29, 0.717) is 5.56 Å². The van der Waals surface area contributed by atoms with Crippen molar-refractivity contribution in [3.8, 4) is 0 Å². The Morgan fingerprint density at radius 2 is 2.00 bits per heavy atom. The van der Waals surface area contributed by atoms with Crippen molar-refractivity contribution in [1.82, 2.24) is 0 Å². The van der Waals surface area contributed by atoms with E-state index >= 15 is 0 Å². The summed E-state index contributed by atoms with van der Waals surface area (Å²) in [5.41, 5.74) is 6.31. The number of hydrogen-bond acceptors (Lipinski definition) is 5. The molecule has 0 saturated heterocycles. The quantitative estimate of drug-likeness (QED) is 0.477. The van der Waals surface area contributed by atoms with E-state index in [1.54, 1.807) is 6.92 Å². The Morgan fingerprint density at radius 1 is 1.44 bits per heavy atom. The molecule has 0 fully saturated rings. The third-order valence-corrected chi connectivity index (χ3v) is 4.42. The standard InChI is InChI=1S/C10H14N2O4S2/c1-6-4-5-7(18(3,15)16)9(17(13)14)8(6)10(11)12-2/h4-5H,1-3H3,(H2,11,12)(H,13,14)/p-1. The molecule has 1 unspecified atom stereocenters. The second kappa shape index (κ2) is 5.17. The summed E-state index contributed by atoms with van der Waals surface area (Å²) in [6, 6.07) is 2.75. The molecular formula is C10H13N2O4S2-. The van der Waals surface area contributed by atoms with E-state index < -0.39 is 20.9 Å². The molecule has 1 rings (SSSR count). The first kappa shape index (κ1) is 14.8. The Hall–Kier alpha value is -1.25. The van der Waals surface area contributed by atoms with Gasteiger partial charge in [0, 0.05) is 18.9 Å². The third-order valence-electron chi connectivity index (χ3n) is 2.39. The first-order chi connectivity index (χ1) is 8.20. The summed E-state index contributed by atoms with van der Waals surface area (Å²) in [6.45, 7) is 1.63. The first-order valence-electron chi connectivity index (χ1n) is 4.85. The minimum absolute atomic E-state index is 0.0165. The number of nitrogens with zero attached hydrogens (tertiary/aromatic N) is 1. The normalized spacial score (nSPS) is 14.6. The second-order valence-electron chi connectivity index (χ2n) is 3.70. The lowest BCUT2D eigenvalue weighted by Crippen LogP contribution is -2.20. The van der Waals surface area contributed by atoms with Gasteiger partial charge in [0.05, 0.1) is 9.79 Å². The van der Waals surface area contributed by atoms with Crippen LogP contribution in [-0.2, 0) is 20.9 Å². The molecule has 0 radical (unpaired) electrons. The van der Waals surface area contributed by atoms with Gasteiger partial charge in [0.25, 0.3) is 0 Å². The Kier molecular flexibility index (Phi) is 4.25. The van der Waals surface area contributed by atoms with Crippen LogP contribution in [0.4, 0.5) is 0 Å². The molecule has 0 saturated carbocycles. The van der Waals surface area contributed by atoms with Gasteiger partial charge in [-0.1, -0.05) is 6.07 Å². The maximum atomic E-state index is 11.6. The highest BCUT2D eigenvalue weighted by atomic mass is 32.2. The molecule has 0 bridgehead atoms. The third kappa shape index (κ3) is 2.77. The molecule has 1 aromatic carbocycles. The van der Waals surface area contributed by atoms with Crippen molar-refractivity contribution < 1.29 is 17.2 Å². The number of rotatable bonds is 3. The fraction of sp³-hybridized carbons (Fsp3) is 0.300. The average molecular weight is 289 g/mol. The van der Waals surface area contributed by atoms with Crippen molar-refractivity contribution in [3.05, 3.63) is 23.3 Å². The summed E-state index contributed by atoms with van der Waals surface area (Å²) >= 11 is -2.72. The highest BCUT2D eigenvalue weighted by Crippen LogP contribution is 2.25. The van der Waals surface area contributed by atoms with Crippen LogP contribution < -0.4 is 5.73 Å². The van der Waals surface area contributed by atoms with Crippen LogP contribution in [0.3, 0.4) is 0 Å². The van der Waals surface area contributed by atoms with E-state index in [2.05, 4.69) is 4.99 Å². The smallest absolute Gasteiger partial charge is 0.176 e. The van der Waals surface area contributed by atoms with Crippen LogP contribution in [-0.4, -0.2) is 36.3 Å². The molecule has 0 spiro atoms. The van der Waals surface area contributed by atoms with Crippen LogP contribution in [0, 0.1) is 6.92 Å². The van der Waals surface area contributed by atoms with Crippen molar-refractivity contribution in [1.29, 1.82) is 0 Å². The summed E-state index contributed by atoms with van der Waals surface area (Å²) in [5, 5.41) is 0. The number of sulfone groups is 1. The fourth-order valence-electron chi connectivity index (χ4n) is 1.55. The lowest BCUT2D eigenvalue weighted by molar-refractivity contribution is 0.533. The molecule has 1 aromatic rings. The SMILES string of the molecule is CN=C(N)c1c(C)ccc(S(C)(=O)=O)c1S(=O)[O-]. The summed E-state index contributed by atoms with van der Waals surface area (Å²) in [5.74, 6) is -0.0165. The van der Waals surface area contributed by atoms with E-state index in [0.717, 1.165) is 6.26 Å². The number of benzene rings is 1. The van der Waals surface area contributed by atoms with Gasteiger partial charge in [0.15, 0.2) is 9.84 Å². The van der Waals surface area contributed by atoms with Crippen molar-refractivity contribution in [2.45, 2.75) is 16.7 Å². The predicted molar refractivity (Wildman–Crippen MR) is 68.1 cm³/mol. The Morgan fingerprint density at radius 3 is 2.39 bits per heavy atom. The van der Waals surface area contributed by atoms with Gasteiger partial charge in [-0.05, 0) is 29.6 Å². The minimum Gasteiger partial charge on any atom is -0.768 e. The monoisotopic (exact) mass is 289 g/mol. The van der Waals surface area contributed by atoms with E-state index in [4.69, 9.17) is 5.73 Å². The van der Waals surface area contributed by atoms with E-state index in [-0.39, 0.29) is 21.2 Å². The molecule has 100 valence electrons. The van der Waals surface area contributed by atoms with Crippen LogP contribution >= 0.6 is 0 Å². The van der Waals surface area contributed by atoms with Gasteiger partial charge in [0.1, 0.15) is 5.84 Å². The van der Waals surface area contributed by atoms with Crippen molar-refractivity contribution in [2.24, 2.45) is 10.7 Å². The molecular weight excluding hydrogens is 276 g/mol. The molecule has 0 aliphatic carbocycles. The molecule has 0 heterocycles. The van der Waals surface area contributed by atoms with Crippen molar-refractivity contribution >= 4 is 26.8 Å². The number of aliphatic imine (C=N–C) groups is 1. The zero-order valence-electron chi connectivity index (χ0n) is 10.1. The van der Waals surface area contributed by atoms with Crippen molar-refractivity contribution in [3.63, 3.8) is 0 Å². The number of hydrogen-bond donors (Lipinski definition) is 1. The number of amidine groups is 1. The minimum atomic E-state index is -3.66. The molecule has 2 N–H and O–H groups in total. The highest BCUT2D eigenvalue weighted by molar-refractivity contribution is 7.91. The number of nitrogens with two attached hydrogens (primary N) is 1. The van der Waals surface area contributed by atoms with Gasteiger partial charge in [-0.2, -0.15) is 0 Å². The van der Waals surface area contributed by atoms with Crippen LogP contribution in [0.1, 0.15) is 11.1 Å². The van der Waals surface area contributed by atoms with E-state index in [1.165, 1.54) is 19.2 Å². The predicted octanol–water partition coefficient (Wildman–Crippen LogP) is -0.0284. The Bertz CT molecular complexity index is 636. The summed E-state index contributed by atoms with van der Waals surface area (Å²) in [7, 11) is -2.26. The molecule has 1 atom stereocenters. The zero-order valence-corrected chi connectivity index (χ0v) is 11.8. The van der Waals surface area contributed by atoms with Crippen LogP contribution in [0.25, 0.3) is 0 Å². The largest absolute Gasteiger partial charge is 0.768 e. The van der Waals surface area contributed by atoms with Crippen LogP contribution in [0.2, 0.25) is 0 Å². The molecule has 6 nitrogen and oxygen atoms in total. The maximum absolute atomic E-state index is 11.6. The lowest BCUT2D eigenvalue weighted by atomic mass is 10.1. The molecule has 0 aliphatic rings. The van der Waals surface area contributed by atoms with Gasteiger partial charge in [-0.15, -0.1) is 0 Å². The summed E-state index contributed by atoms with van der Waals surface area (Å²) < 4.78 is 45.7. The maximum Gasteiger partial charge on any atom is 0.176 e. The molecule has 0 aliphatic heterocycles.